The Morgan fingerprint density at radius 2 is 1.91 bits per heavy atom. The van der Waals surface area contributed by atoms with Gasteiger partial charge in [0, 0.05) is 24.7 Å². The molecule has 176 valence electrons. The fraction of sp³-hybridized carbons (Fsp3) is 0.333. The second-order valence-corrected chi connectivity index (χ2v) is 10.2. The van der Waals surface area contributed by atoms with Crippen LogP contribution in [0.5, 0.6) is 5.75 Å². The van der Waals surface area contributed by atoms with Gasteiger partial charge in [-0.2, -0.15) is 0 Å². The van der Waals surface area contributed by atoms with Gasteiger partial charge >= 0.3 is 0 Å². The summed E-state index contributed by atoms with van der Waals surface area (Å²) >= 11 is 0. The molecule has 2 aromatic carbocycles. The lowest BCUT2D eigenvalue weighted by atomic mass is 9.93. The van der Waals surface area contributed by atoms with E-state index in [0.29, 0.717) is 41.3 Å². The lowest BCUT2D eigenvalue weighted by molar-refractivity contribution is -0.127. The number of aryl methyl sites for hydroxylation is 1. The van der Waals surface area contributed by atoms with E-state index in [1.165, 1.54) is 6.07 Å². The van der Waals surface area contributed by atoms with Crippen LogP contribution in [0.4, 0.5) is 17.1 Å². The van der Waals surface area contributed by atoms with Gasteiger partial charge in [-0.25, -0.2) is 8.42 Å². The van der Waals surface area contributed by atoms with Crippen LogP contribution in [0.15, 0.2) is 53.9 Å². The normalized spacial score (nSPS) is 15.2. The number of ether oxygens (including phenoxy) is 1. The first-order chi connectivity index (χ1) is 15.5. The largest absolute Gasteiger partial charge is 0.490 e. The van der Waals surface area contributed by atoms with Gasteiger partial charge in [0.05, 0.1) is 21.7 Å². The molecule has 0 spiro atoms. The number of hydrogen-bond donors (Lipinski definition) is 2. The Balaban J connectivity index is 1.90. The van der Waals surface area contributed by atoms with Crippen LogP contribution < -0.4 is 19.7 Å². The average molecular weight is 472 g/mol. The quantitative estimate of drug-likeness (QED) is 0.592. The number of nitrogens with one attached hydrogen (secondary N) is 2. The van der Waals surface area contributed by atoms with E-state index in [4.69, 9.17) is 4.74 Å². The highest BCUT2D eigenvalue weighted by atomic mass is 32.2. The highest BCUT2D eigenvalue weighted by Crippen LogP contribution is 2.38. The number of amides is 2. The maximum absolute atomic E-state index is 13.1. The smallest absolute Gasteiger partial charge is 0.262 e. The molecule has 0 radical (unpaired) electrons. The number of rotatable bonds is 7. The van der Waals surface area contributed by atoms with Crippen LogP contribution in [0, 0.1) is 12.3 Å². The number of carbonyl (C=O) groups is 2. The summed E-state index contributed by atoms with van der Waals surface area (Å²) in [6, 6.07) is 9.44. The number of carbonyl (C=O) groups excluding carboxylic acids is 2. The summed E-state index contributed by atoms with van der Waals surface area (Å²) in [5.41, 5.74) is 1.15. The van der Waals surface area contributed by atoms with E-state index in [1.54, 1.807) is 69.0 Å². The van der Waals surface area contributed by atoms with Crippen molar-refractivity contribution in [3.63, 3.8) is 0 Å². The zero-order valence-corrected chi connectivity index (χ0v) is 20.1. The summed E-state index contributed by atoms with van der Waals surface area (Å²) < 4.78 is 34.6. The first-order valence-corrected chi connectivity index (χ1v) is 12.1. The minimum Gasteiger partial charge on any atom is -0.490 e. The van der Waals surface area contributed by atoms with E-state index in [9.17, 15) is 18.0 Å². The molecule has 0 saturated heterocycles. The van der Waals surface area contributed by atoms with Crippen LogP contribution in [0.3, 0.4) is 0 Å². The fourth-order valence-electron chi connectivity index (χ4n) is 3.51. The molecule has 0 bridgehead atoms. The third-order valence-corrected chi connectivity index (χ3v) is 6.84. The topological polar surface area (TPSA) is 105 Å². The van der Waals surface area contributed by atoms with Crippen molar-refractivity contribution in [1.82, 2.24) is 0 Å². The fourth-order valence-corrected chi connectivity index (χ4v) is 4.79. The van der Waals surface area contributed by atoms with Crippen LogP contribution in [-0.4, -0.2) is 33.4 Å². The first kappa shape index (κ1) is 24.3. The molecule has 9 heteroatoms. The van der Waals surface area contributed by atoms with E-state index >= 15 is 0 Å². The Kier molecular flexibility index (Phi) is 6.83. The van der Waals surface area contributed by atoms with Crippen molar-refractivity contribution in [3.8, 4) is 5.75 Å². The van der Waals surface area contributed by atoms with Gasteiger partial charge in [0.15, 0.2) is 0 Å². The molecule has 0 unspecified atom stereocenters. The molecule has 0 fully saturated rings. The lowest BCUT2D eigenvalue weighted by Gasteiger charge is -2.27. The number of fused-ring (bicyclic) bond motifs is 1. The van der Waals surface area contributed by atoms with Gasteiger partial charge in [-0.15, -0.1) is 6.58 Å². The molecule has 0 aromatic heterocycles. The molecule has 2 amide bonds. The molecule has 1 heterocycles. The molecule has 0 aliphatic carbocycles. The summed E-state index contributed by atoms with van der Waals surface area (Å²) in [5, 5.41) is 2.72. The molecular weight excluding hydrogens is 442 g/mol. The number of anilines is 3. The molecule has 33 heavy (non-hydrogen) atoms. The highest BCUT2D eigenvalue weighted by Gasteiger charge is 2.37. The van der Waals surface area contributed by atoms with Crippen molar-refractivity contribution < 1.29 is 22.7 Å². The van der Waals surface area contributed by atoms with Crippen molar-refractivity contribution in [2.45, 2.75) is 39.0 Å². The Morgan fingerprint density at radius 3 is 2.55 bits per heavy atom. The van der Waals surface area contributed by atoms with Crippen molar-refractivity contribution in [1.29, 1.82) is 0 Å². The number of nitrogens with zero attached hydrogens (tertiary/aromatic N) is 1. The second kappa shape index (κ2) is 9.27. The summed E-state index contributed by atoms with van der Waals surface area (Å²) in [7, 11) is -3.90. The Morgan fingerprint density at radius 1 is 1.21 bits per heavy atom. The van der Waals surface area contributed by atoms with Gasteiger partial charge < -0.3 is 15.0 Å². The zero-order chi connectivity index (χ0) is 24.4. The molecule has 2 aromatic rings. The van der Waals surface area contributed by atoms with Crippen molar-refractivity contribution >= 4 is 38.9 Å². The van der Waals surface area contributed by atoms with Crippen LogP contribution >= 0.6 is 0 Å². The van der Waals surface area contributed by atoms with Gasteiger partial charge in [0.1, 0.15) is 12.4 Å². The van der Waals surface area contributed by atoms with E-state index < -0.39 is 15.4 Å². The monoisotopic (exact) mass is 471 g/mol. The minimum absolute atomic E-state index is 0.0949. The minimum atomic E-state index is -3.90. The molecule has 1 aliphatic heterocycles. The van der Waals surface area contributed by atoms with Gasteiger partial charge in [0.25, 0.3) is 10.0 Å². The summed E-state index contributed by atoms with van der Waals surface area (Å²) in [6.07, 6.45) is 1.96. The Labute approximate surface area is 194 Å². The maximum Gasteiger partial charge on any atom is 0.262 e. The molecule has 3 rings (SSSR count). The number of hydrogen-bond acceptors (Lipinski definition) is 5. The molecule has 1 aliphatic rings. The van der Waals surface area contributed by atoms with E-state index in [2.05, 4.69) is 16.6 Å². The predicted octanol–water partition coefficient (Wildman–Crippen LogP) is 4.08. The lowest BCUT2D eigenvalue weighted by Crippen LogP contribution is -2.42. The molecular formula is C24H29N3O5S. The summed E-state index contributed by atoms with van der Waals surface area (Å²) in [5.74, 6) is 0.158. The zero-order valence-electron chi connectivity index (χ0n) is 19.3. The molecule has 8 nitrogen and oxygen atoms in total. The predicted molar refractivity (Wildman–Crippen MR) is 129 cm³/mol. The summed E-state index contributed by atoms with van der Waals surface area (Å²) in [4.78, 5) is 26.2. The Hall–Kier alpha value is -3.33. The van der Waals surface area contributed by atoms with E-state index in [0.717, 1.165) is 0 Å². The van der Waals surface area contributed by atoms with Crippen molar-refractivity contribution in [2.75, 3.05) is 28.1 Å². The number of benzene rings is 2. The SMILES string of the molecule is C=CCN1C(=O)C(C)(C)COc2cc(NS(=O)(=O)c3ccc(NC(=O)CC)cc3C)ccc21. The van der Waals surface area contributed by atoms with Crippen LogP contribution in [0.2, 0.25) is 0 Å². The van der Waals surface area contributed by atoms with Crippen LogP contribution in [0.25, 0.3) is 0 Å². The third kappa shape index (κ3) is 5.19. The van der Waals surface area contributed by atoms with Crippen molar-refractivity contribution in [2.24, 2.45) is 5.41 Å². The Bertz CT molecular complexity index is 1200. The van der Waals surface area contributed by atoms with Crippen LogP contribution in [-0.2, 0) is 19.6 Å². The van der Waals surface area contributed by atoms with Gasteiger partial charge in [-0.3, -0.25) is 14.3 Å². The summed E-state index contributed by atoms with van der Waals surface area (Å²) in [6.45, 7) is 11.2. The first-order valence-electron chi connectivity index (χ1n) is 10.6. The maximum atomic E-state index is 13.1. The van der Waals surface area contributed by atoms with Gasteiger partial charge in [-0.05, 0) is 56.7 Å². The average Bonchev–Trinajstić information content (AvgIpc) is 2.83. The molecule has 0 saturated carbocycles. The highest BCUT2D eigenvalue weighted by molar-refractivity contribution is 7.92. The van der Waals surface area contributed by atoms with Crippen LogP contribution in [0.1, 0.15) is 32.8 Å². The van der Waals surface area contributed by atoms with Crippen molar-refractivity contribution in [3.05, 3.63) is 54.6 Å². The standard InChI is InChI=1S/C24H29N3O5S/c1-6-12-27-19-10-8-18(14-20(19)32-15-24(4,5)23(27)29)26-33(30,31)21-11-9-17(13-16(21)3)25-22(28)7-2/h6,8-11,13-14,26H,1,7,12,15H2,2-5H3,(H,25,28). The van der Waals surface area contributed by atoms with Gasteiger partial charge in [0.2, 0.25) is 11.8 Å². The van der Waals surface area contributed by atoms with Gasteiger partial charge in [-0.1, -0.05) is 13.0 Å². The molecule has 0 atom stereocenters. The van der Waals surface area contributed by atoms with E-state index in [-0.39, 0.29) is 23.3 Å². The molecule has 2 N–H and O–H groups in total. The number of sulfonamides is 1. The third-order valence-electron chi connectivity index (χ3n) is 5.30. The second-order valence-electron chi connectivity index (χ2n) is 8.55. The van der Waals surface area contributed by atoms with E-state index in [1.807, 2.05) is 0 Å².